The second-order valence-electron chi connectivity index (χ2n) is 15.7. The Balaban J connectivity index is 1.08. The minimum Gasteiger partial charge on any atom is -0.236 e. The largest absolute Gasteiger partial charge is 0.401 e. The van der Waals surface area contributed by atoms with Crippen molar-refractivity contribution in [3.05, 3.63) is 194 Å². The van der Waals surface area contributed by atoms with Crippen LogP contribution in [0.4, 0.5) is 17.1 Å². The van der Waals surface area contributed by atoms with E-state index in [9.17, 15) is 0 Å². The Morgan fingerprint density at radius 3 is 1.63 bits per heavy atom. The van der Waals surface area contributed by atoms with E-state index in [1.54, 1.807) is 0 Å². The van der Waals surface area contributed by atoms with Crippen molar-refractivity contribution in [2.45, 2.75) is 0 Å². The van der Waals surface area contributed by atoms with E-state index in [0.29, 0.717) is 0 Å². The standard InChI is InChI=1S/C55H32N4/c1-3-15-34(16-4-1)53-56-54(35-17-5-2-6-18-35)58-55(57-53)42-30-32-45(39-23-10-7-22-38(39)42)59-46-28-14-27-44-50-41-25-12-9-21-37(41)36-20-8-11-24-40(36)49(50)43-26-13-19-33-29-31-47(59)52(48(33)43)51(44)46/h1-32H/p+3. The van der Waals surface area contributed by atoms with Crippen LogP contribution in [0.25, 0.3) is 111 Å². The van der Waals surface area contributed by atoms with E-state index < -0.39 is 0 Å². The fourth-order valence-electron chi connectivity index (χ4n) is 10.2. The summed E-state index contributed by atoms with van der Waals surface area (Å²) in [6.45, 7) is 0. The van der Waals surface area contributed by atoms with Gasteiger partial charge in [0, 0.05) is 34.4 Å². The van der Waals surface area contributed by atoms with Gasteiger partial charge in [0.2, 0.25) is 0 Å². The minimum absolute atomic E-state index is 0.810. The van der Waals surface area contributed by atoms with Gasteiger partial charge in [-0.25, -0.2) is 4.90 Å². The summed E-state index contributed by atoms with van der Waals surface area (Å²) in [4.78, 5) is 13.8. The van der Waals surface area contributed by atoms with Gasteiger partial charge in [-0.15, -0.1) is 0 Å². The van der Waals surface area contributed by atoms with Crippen LogP contribution >= 0.6 is 0 Å². The Labute approximate surface area is 340 Å². The number of fused-ring (bicyclic) bond motifs is 9. The van der Waals surface area contributed by atoms with E-state index in [1.807, 2.05) is 12.1 Å². The molecule has 1 unspecified atom stereocenters. The van der Waals surface area contributed by atoms with Gasteiger partial charge in [0.05, 0.1) is 32.8 Å². The number of benzene rings is 10. The quantitative estimate of drug-likeness (QED) is 0.179. The highest BCUT2D eigenvalue weighted by Crippen LogP contribution is 2.57. The summed E-state index contributed by atoms with van der Waals surface area (Å²) in [6.07, 6.45) is 0. The van der Waals surface area contributed by atoms with Gasteiger partial charge < -0.3 is 0 Å². The average Bonchev–Trinajstić information content (AvgIpc) is 3.58. The first-order valence-corrected chi connectivity index (χ1v) is 20.3. The lowest BCUT2D eigenvalue weighted by Gasteiger charge is -2.21. The molecule has 0 amide bonds. The molecule has 272 valence electrons. The summed E-state index contributed by atoms with van der Waals surface area (Å²) in [6, 6.07) is 70.7. The first-order valence-electron chi connectivity index (χ1n) is 20.3. The molecule has 2 heterocycles. The van der Waals surface area contributed by atoms with Gasteiger partial charge >= 0.3 is 17.5 Å². The van der Waals surface area contributed by atoms with Crippen molar-refractivity contribution in [1.82, 2.24) is 4.98 Å². The summed E-state index contributed by atoms with van der Waals surface area (Å²) in [5.74, 6) is 2.52. The van der Waals surface area contributed by atoms with Crippen molar-refractivity contribution in [2.24, 2.45) is 0 Å². The molecule has 59 heavy (non-hydrogen) atoms. The smallest absolute Gasteiger partial charge is 0.236 e. The third-order valence-electron chi connectivity index (χ3n) is 12.6. The summed E-state index contributed by atoms with van der Waals surface area (Å²) < 4.78 is 0. The fraction of sp³-hybridized carbons (Fsp3) is 0. The highest BCUT2D eigenvalue weighted by molar-refractivity contribution is 6.29. The molecule has 1 atom stereocenters. The zero-order valence-electron chi connectivity index (χ0n) is 31.9. The van der Waals surface area contributed by atoms with Crippen LogP contribution in [0.3, 0.4) is 0 Å². The summed E-state index contributed by atoms with van der Waals surface area (Å²) in [7, 11) is 0. The summed E-state index contributed by atoms with van der Waals surface area (Å²) in [5, 5.41) is 10.1. The number of hydrogen-bond donors (Lipinski definition) is 1. The number of quaternary nitrogens is 1. The highest BCUT2D eigenvalue weighted by Gasteiger charge is 2.41. The van der Waals surface area contributed by atoms with Crippen molar-refractivity contribution >= 4 is 60.2 Å². The third-order valence-corrected chi connectivity index (χ3v) is 12.6. The van der Waals surface area contributed by atoms with Crippen LogP contribution in [0.5, 0.6) is 0 Å². The predicted molar refractivity (Wildman–Crippen MR) is 240 cm³/mol. The molecular weight excluding hydrogens is 717 g/mol. The van der Waals surface area contributed by atoms with Crippen molar-refractivity contribution in [1.29, 1.82) is 0 Å². The normalized spacial score (nSPS) is 13.6. The Morgan fingerprint density at radius 2 is 0.881 bits per heavy atom. The molecule has 1 aliphatic carbocycles. The van der Waals surface area contributed by atoms with Crippen molar-refractivity contribution < 1.29 is 14.9 Å². The molecule has 13 rings (SSSR count). The van der Waals surface area contributed by atoms with Crippen molar-refractivity contribution in [2.75, 3.05) is 0 Å². The SMILES string of the molecule is c1ccc(-c2nc(-c3ccc([NH+]4c5cccc6c5-c5c4ccc4cccc(c54)-c4c-6c5ccccc5c5ccccc45)c4ccccc34)[nH+]c(-c3ccccc3)[nH+]2)cc1. The van der Waals surface area contributed by atoms with E-state index in [4.69, 9.17) is 4.98 Å². The van der Waals surface area contributed by atoms with Gasteiger partial charge in [0.25, 0.3) is 0 Å². The maximum atomic E-state index is 5.26. The zero-order valence-corrected chi connectivity index (χ0v) is 31.9. The monoisotopic (exact) mass is 751 g/mol. The molecule has 3 N–H and O–H groups in total. The van der Waals surface area contributed by atoms with Crippen LogP contribution in [0.15, 0.2) is 194 Å². The number of aromatic nitrogens is 3. The number of nitrogens with zero attached hydrogens (tertiary/aromatic N) is 1. The lowest BCUT2D eigenvalue weighted by atomic mass is 9.84. The first kappa shape index (κ1) is 32.3. The van der Waals surface area contributed by atoms with E-state index in [1.165, 1.54) is 93.0 Å². The van der Waals surface area contributed by atoms with Crippen molar-refractivity contribution in [3.63, 3.8) is 0 Å². The Kier molecular flexibility index (Phi) is 6.77. The Morgan fingerprint density at radius 1 is 0.322 bits per heavy atom. The van der Waals surface area contributed by atoms with E-state index in [0.717, 1.165) is 39.5 Å². The molecule has 4 nitrogen and oxygen atoms in total. The Hall–Kier alpha value is -7.79. The fourth-order valence-corrected chi connectivity index (χ4v) is 10.2. The van der Waals surface area contributed by atoms with Gasteiger partial charge in [0.15, 0.2) is 0 Å². The van der Waals surface area contributed by atoms with Gasteiger partial charge in [-0.1, -0.05) is 133 Å². The van der Waals surface area contributed by atoms with Crippen LogP contribution in [0.1, 0.15) is 0 Å². The predicted octanol–water partition coefficient (Wildman–Crippen LogP) is 12.1. The molecule has 0 saturated heterocycles. The second kappa shape index (κ2) is 12.4. The van der Waals surface area contributed by atoms with E-state index in [-0.39, 0.29) is 0 Å². The zero-order chi connectivity index (χ0) is 38.6. The molecule has 10 aromatic carbocycles. The topological polar surface area (TPSA) is 45.6 Å². The van der Waals surface area contributed by atoms with Gasteiger partial charge in [-0.3, -0.25) is 0 Å². The van der Waals surface area contributed by atoms with E-state index >= 15 is 0 Å². The second-order valence-corrected chi connectivity index (χ2v) is 15.7. The van der Waals surface area contributed by atoms with Crippen molar-refractivity contribution in [3.8, 4) is 67.5 Å². The molecule has 4 heteroatoms. The molecule has 11 aromatic rings. The maximum absolute atomic E-state index is 5.26. The summed E-state index contributed by atoms with van der Waals surface area (Å²) in [5.41, 5.74) is 14.8. The molecule has 0 spiro atoms. The number of rotatable bonds is 4. The van der Waals surface area contributed by atoms with Crippen LogP contribution in [-0.2, 0) is 0 Å². The molecule has 1 aromatic heterocycles. The summed E-state index contributed by atoms with van der Waals surface area (Å²) >= 11 is 0. The van der Waals surface area contributed by atoms with Crippen LogP contribution in [-0.4, -0.2) is 4.98 Å². The number of H-pyrrole nitrogens is 2. The molecule has 2 aliphatic rings. The molecule has 0 saturated carbocycles. The van der Waals surface area contributed by atoms with Crippen LogP contribution < -0.4 is 14.9 Å². The van der Waals surface area contributed by atoms with Crippen LogP contribution in [0.2, 0.25) is 0 Å². The molecular formula is C55H35N4+3. The Bertz CT molecular complexity index is 3500. The molecule has 0 bridgehead atoms. The van der Waals surface area contributed by atoms with E-state index in [2.05, 4.69) is 192 Å². The highest BCUT2D eigenvalue weighted by atomic mass is 15.2. The number of aromatic amines is 2. The minimum atomic E-state index is 0.810. The number of hydrogen-bond acceptors (Lipinski definition) is 1. The lowest BCUT2D eigenvalue weighted by Crippen LogP contribution is -2.95. The third kappa shape index (κ3) is 4.60. The molecule has 0 radical (unpaired) electrons. The maximum Gasteiger partial charge on any atom is 0.401 e. The van der Waals surface area contributed by atoms with Gasteiger partial charge in [-0.2, -0.15) is 9.97 Å². The molecule has 0 fully saturated rings. The number of nitrogens with one attached hydrogen (secondary N) is 3. The van der Waals surface area contributed by atoms with Gasteiger partial charge in [-0.05, 0) is 91.6 Å². The average molecular weight is 752 g/mol. The van der Waals surface area contributed by atoms with Crippen LogP contribution in [0, 0.1) is 0 Å². The molecule has 1 aliphatic heterocycles. The lowest BCUT2D eigenvalue weighted by molar-refractivity contribution is -0.675. The van der Waals surface area contributed by atoms with Gasteiger partial charge in [0.1, 0.15) is 17.1 Å². The first-order chi connectivity index (χ1) is 29.3.